The summed E-state index contributed by atoms with van der Waals surface area (Å²) < 4.78 is 11.1. The summed E-state index contributed by atoms with van der Waals surface area (Å²) in [5.74, 6) is 0.831. The lowest BCUT2D eigenvalue weighted by atomic mass is 10.1. The first-order valence-electron chi connectivity index (χ1n) is 11.4. The fraction of sp³-hybridized carbons (Fsp3) is 0.696. The number of hydrogen-bond donors (Lipinski definition) is 2. The Hall–Kier alpha value is -0.940. The third kappa shape index (κ3) is 10.0. The minimum absolute atomic E-state index is 0. The summed E-state index contributed by atoms with van der Waals surface area (Å²) in [5.41, 5.74) is 2.65. The van der Waals surface area contributed by atoms with E-state index in [0.717, 1.165) is 71.3 Å². The van der Waals surface area contributed by atoms with Crippen LogP contribution in [-0.4, -0.2) is 88.5 Å². The van der Waals surface area contributed by atoms with E-state index in [1.54, 1.807) is 0 Å². The zero-order valence-electron chi connectivity index (χ0n) is 19.1. The van der Waals surface area contributed by atoms with Crippen LogP contribution in [0.15, 0.2) is 29.3 Å². The number of halogens is 1. The molecule has 3 rings (SSSR count). The predicted octanol–water partition coefficient (Wildman–Crippen LogP) is 2.30. The number of likely N-dealkylation sites (N-methyl/N-ethyl adjacent to an activating group) is 1. The molecule has 0 aliphatic carbocycles. The van der Waals surface area contributed by atoms with Crippen LogP contribution in [0.2, 0.25) is 0 Å². The largest absolute Gasteiger partial charge is 0.379 e. The van der Waals surface area contributed by atoms with Gasteiger partial charge in [-0.1, -0.05) is 24.3 Å². The third-order valence-corrected chi connectivity index (χ3v) is 5.78. The zero-order chi connectivity index (χ0) is 21.0. The van der Waals surface area contributed by atoms with Gasteiger partial charge in [-0.3, -0.25) is 9.89 Å². The molecule has 1 unspecified atom stereocenters. The average Bonchev–Trinajstić information content (AvgIpc) is 3.20. The van der Waals surface area contributed by atoms with E-state index < -0.39 is 0 Å². The fourth-order valence-electron chi connectivity index (χ4n) is 3.86. The van der Waals surface area contributed by atoms with Gasteiger partial charge in [-0.05, 0) is 50.5 Å². The van der Waals surface area contributed by atoms with Crippen molar-refractivity contribution in [3.63, 3.8) is 0 Å². The van der Waals surface area contributed by atoms with Crippen molar-refractivity contribution in [2.45, 2.75) is 38.5 Å². The maximum Gasteiger partial charge on any atom is 0.191 e. The van der Waals surface area contributed by atoms with Gasteiger partial charge in [0.25, 0.3) is 0 Å². The van der Waals surface area contributed by atoms with Crippen molar-refractivity contribution in [1.82, 2.24) is 20.4 Å². The molecule has 0 bridgehead atoms. The second-order valence-electron chi connectivity index (χ2n) is 8.31. The Bertz CT molecular complexity index is 637. The van der Waals surface area contributed by atoms with Gasteiger partial charge < -0.3 is 25.0 Å². The van der Waals surface area contributed by atoms with E-state index in [1.807, 2.05) is 7.05 Å². The van der Waals surface area contributed by atoms with E-state index in [0.29, 0.717) is 0 Å². The molecular weight excluding hydrogens is 505 g/mol. The minimum Gasteiger partial charge on any atom is -0.379 e. The first-order chi connectivity index (χ1) is 14.7. The molecule has 2 aliphatic rings. The molecule has 1 atom stereocenters. The van der Waals surface area contributed by atoms with Gasteiger partial charge in [-0.15, -0.1) is 24.0 Å². The normalized spacial score (nSPS) is 20.8. The molecular formula is C23H40IN5O2. The molecule has 2 N–H and O–H groups in total. The highest BCUT2D eigenvalue weighted by molar-refractivity contribution is 14.0. The molecule has 0 saturated carbocycles. The zero-order valence-corrected chi connectivity index (χ0v) is 21.5. The van der Waals surface area contributed by atoms with E-state index in [2.05, 4.69) is 56.7 Å². The maximum atomic E-state index is 5.79. The van der Waals surface area contributed by atoms with E-state index in [4.69, 9.17) is 9.47 Å². The van der Waals surface area contributed by atoms with Crippen molar-refractivity contribution >= 4 is 29.9 Å². The van der Waals surface area contributed by atoms with Crippen molar-refractivity contribution < 1.29 is 9.47 Å². The molecule has 176 valence electrons. The SMILES string of the molecule is CN=C(NCCCOC1CCOC1)NCc1ccc(CN2CCCN(C)CC2)cc1.I. The summed E-state index contributed by atoms with van der Waals surface area (Å²) in [7, 11) is 4.02. The summed E-state index contributed by atoms with van der Waals surface area (Å²) in [6.07, 6.45) is 3.51. The lowest BCUT2D eigenvalue weighted by molar-refractivity contribution is 0.0420. The molecule has 1 aromatic rings. The van der Waals surface area contributed by atoms with E-state index in [1.165, 1.54) is 30.6 Å². The molecule has 0 radical (unpaired) electrons. The van der Waals surface area contributed by atoms with Crippen molar-refractivity contribution in [2.75, 3.05) is 66.6 Å². The summed E-state index contributed by atoms with van der Waals surface area (Å²) >= 11 is 0. The van der Waals surface area contributed by atoms with Gasteiger partial charge in [-0.2, -0.15) is 0 Å². The highest BCUT2D eigenvalue weighted by atomic mass is 127. The monoisotopic (exact) mass is 545 g/mol. The molecule has 0 amide bonds. The predicted molar refractivity (Wildman–Crippen MR) is 137 cm³/mol. The molecule has 2 aliphatic heterocycles. The molecule has 0 aromatic heterocycles. The first kappa shape index (κ1) is 26.3. The minimum atomic E-state index is 0. The smallest absolute Gasteiger partial charge is 0.191 e. The Kier molecular flexibility index (Phi) is 12.7. The Morgan fingerprint density at radius 3 is 2.68 bits per heavy atom. The number of hydrogen-bond acceptors (Lipinski definition) is 5. The van der Waals surface area contributed by atoms with Gasteiger partial charge in [0, 0.05) is 53.0 Å². The van der Waals surface area contributed by atoms with Crippen LogP contribution in [0.3, 0.4) is 0 Å². The van der Waals surface area contributed by atoms with Crippen LogP contribution < -0.4 is 10.6 Å². The number of benzene rings is 1. The van der Waals surface area contributed by atoms with E-state index in [9.17, 15) is 0 Å². The molecule has 8 heteroatoms. The lowest BCUT2D eigenvalue weighted by Gasteiger charge is -2.20. The van der Waals surface area contributed by atoms with Crippen LogP contribution in [0.4, 0.5) is 0 Å². The standard InChI is InChI=1S/C23H39N5O2.HI/c1-24-23(25-10-3-15-30-22-9-16-29-19-22)26-17-20-5-7-21(8-6-20)18-28-12-4-11-27(2)13-14-28;/h5-8,22H,3-4,9-19H2,1-2H3,(H2,24,25,26);1H. The quantitative estimate of drug-likeness (QED) is 0.215. The van der Waals surface area contributed by atoms with Gasteiger partial charge in [0.15, 0.2) is 5.96 Å². The topological polar surface area (TPSA) is 61.4 Å². The maximum absolute atomic E-state index is 5.79. The molecule has 2 heterocycles. The summed E-state index contributed by atoms with van der Waals surface area (Å²) in [6.45, 7) is 9.69. The summed E-state index contributed by atoms with van der Waals surface area (Å²) in [5, 5.41) is 6.75. The van der Waals surface area contributed by atoms with Crippen LogP contribution in [-0.2, 0) is 22.6 Å². The summed E-state index contributed by atoms with van der Waals surface area (Å²) in [6, 6.07) is 8.95. The molecule has 1 aromatic carbocycles. The van der Waals surface area contributed by atoms with Crippen LogP contribution in [0.5, 0.6) is 0 Å². The van der Waals surface area contributed by atoms with Gasteiger partial charge in [0.2, 0.25) is 0 Å². The van der Waals surface area contributed by atoms with E-state index >= 15 is 0 Å². The molecule has 7 nitrogen and oxygen atoms in total. The second kappa shape index (κ2) is 15.0. The van der Waals surface area contributed by atoms with Crippen LogP contribution in [0, 0.1) is 0 Å². The van der Waals surface area contributed by atoms with Gasteiger partial charge in [0.05, 0.1) is 12.7 Å². The number of guanidine groups is 1. The van der Waals surface area contributed by atoms with Crippen molar-refractivity contribution in [2.24, 2.45) is 4.99 Å². The van der Waals surface area contributed by atoms with Crippen LogP contribution in [0.1, 0.15) is 30.4 Å². The van der Waals surface area contributed by atoms with Crippen molar-refractivity contribution in [3.05, 3.63) is 35.4 Å². The van der Waals surface area contributed by atoms with Crippen LogP contribution in [0.25, 0.3) is 0 Å². The number of rotatable bonds is 9. The van der Waals surface area contributed by atoms with Crippen molar-refractivity contribution in [3.8, 4) is 0 Å². The van der Waals surface area contributed by atoms with Crippen LogP contribution >= 0.6 is 24.0 Å². The summed E-state index contributed by atoms with van der Waals surface area (Å²) in [4.78, 5) is 9.30. The number of nitrogens with zero attached hydrogens (tertiary/aromatic N) is 3. The van der Waals surface area contributed by atoms with Gasteiger partial charge >= 0.3 is 0 Å². The van der Waals surface area contributed by atoms with Gasteiger partial charge in [-0.25, -0.2) is 0 Å². The highest BCUT2D eigenvalue weighted by Crippen LogP contribution is 2.10. The Morgan fingerprint density at radius 1 is 1.13 bits per heavy atom. The van der Waals surface area contributed by atoms with Crippen molar-refractivity contribution in [1.29, 1.82) is 0 Å². The molecule has 31 heavy (non-hydrogen) atoms. The Labute approximate surface area is 205 Å². The Morgan fingerprint density at radius 2 is 1.94 bits per heavy atom. The molecule has 2 fully saturated rings. The number of ether oxygens (including phenoxy) is 2. The average molecular weight is 546 g/mol. The third-order valence-electron chi connectivity index (χ3n) is 5.78. The first-order valence-corrected chi connectivity index (χ1v) is 11.4. The Balaban J connectivity index is 0.00000341. The molecule has 0 spiro atoms. The lowest BCUT2D eigenvalue weighted by Crippen LogP contribution is -2.37. The fourth-order valence-corrected chi connectivity index (χ4v) is 3.86. The second-order valence-corrected chi connectivity index (χ2v) is 8.31. The van der Waals surface area contributed by atoms with E-state index in [-0.39, 0.29) is 30.1 Å². The molecule has 2 saturated heterocycles. The van der Waals surface area contributed by atoms with Gasteiger partial charge in [0.1, 0.15) is 0 Å². The highest BCUT2D eigenvalue weighted by Gasteiger charge is 2.15. The number of aliphatic imine (C=N–C) groups is 1. The number of nitrogens with one attached hydrogen (secondary N) is 2.